The molecule has 2 N–H and O–H groups in total. The van der Waals surface area contributed by atoms with Crippen molar-refractivity contribution in [3.63, 3.8) is 0 Å². The fourth-order valence-electron chi connectivity index (χ4n) is 2.95. The highest BCUT2D eigenvalue weighted by Gasteiger charge is 2.24. The molecule has 0 aliphatic carbocycles. The molecule has 0 saturated carbocycles. The summed E-state index contributed by atoms with van der Waals surface area (Å²) >= 11 is 0. The Morgan fingerprint density at radius 1 is 1.44 bits per heavy atom. The lowest BCUT2D eigenvalue weighted by atomic mass is 10.1. The summed E-state index contributed by atoms with van der Waals surface area (Å²) in [4.78, 5) is 6.86. The molecule has 1 saturated heterocycles. The predicted octanol–water partition coefficient (Wildman–Crippen LogP) is 2.28. The molecule has 1 aliphatic heterocycles. The molecule has 25 heavy (non-hydrogen) atoms. The first-order chi connectivity index (χ1) is 11.7. The fraction of sp³-hybridized carbons (Fsp3) is 0.611. The number of aliphatic imine (C=N–C) groups is 1. The highest BCUT2D eigenvalue weighted by atomic mass is 127. The molecule has 1 heterocycles. The second-order valence-corrected chi connectivity index (χ2v) is 6.04. The minimum Gasteiger partial charge on any atom is -0.497 e. The van der Waals surface area contributed by atoms with Crippen LogP contribution in [-0.4, -0.2) is 63.0 Å². The van der Waals surface area contributed by atoms with Gasteiger partial charge in [0.05, 0.1) is 26.4 Å². The van der Waals surface area contributed by atoms with Crippen molar-refractivity contribution in [3.05, 3.63) is 29.8 Å². The number of aliphatic hydroxyl groups excluding tert-OH is 1. The van der Waals surface area contributed by atoms with Crippen LogP contribution < -0.4 is 10.1 Å². The summed E-state index contributed by atoms with van der Waals surface area (Å²) < 4.78 is 10.5. The third-order valence-corrected chi connectivity index (χ3v) is 4.22. The summed E-state index contributed by atoms with van der Waals surface area (Å²) in [6.07, 6.45) is 0.461. The van der Waals surface area contributed by atoms with Gasteiger partial charge in [0.25, 0.3) is 0 Å². The molecule has 6 nitrogen and oxygen atoms in total. The molecular formula is C18H30IN3O3. The van der Waals surface area contributed by atoms with Crippen LogP contribution in [0.4, 0.5) is 0 Å². The monoisotopic (exact) mass is 463 g/mol. The minimum absolute atomic E-state index is 0. The molecular weight excluding hydrogens is 433 g/mol. The Morgan fingerprint density at radius 2 is 2.24 bits per heavy atom. The molecule has 0 aromatic heterocycles. The van der Waals surface area contributed by atoms with Gasteiger partial charge in [-0.3, -0.25) is 4.99 Å². The molecule has 0 spiro atoms. The summed E-state index contributed by atoms with van der Waals surface area (Å²) in [5.74, 6) is 2.14. The number of guanidine groups is 1. The number of ether oxygens (including phenoxy) is 2. The van der Waals surface area contributed by atoms with Gasteiger partial charge in [0.15, 0.2) is 5.96 Å². The lowest BCUT2D eigenvalue weighted by Gasteiger charge is -2.22. The maximum Gasteiger partial charge on any atom is 0.194 e. The van der Waals surface area contributed by atoms with Crippen molar-refractivity contribution in [2.45, 2.75) is 19.4 Å². The quantitative estimate of drug-likeness (QED) is 0.369. The van der Waals surface area contributed by atoms with Crippen LogP contribution >= 0.6 is 24.0 Å². The van der Waals surface area contributed by atoms with E-state index in [2.05, 4.69) is 22.1 Å². The molecule has 0 bridgehead atoms. The molecule has 7 heteroatoms. The van der Waals surface area contributed by atoms with E-state index in [0.717, 1.165) is 49.9 Å². The van der Waals surface area contributed by atoms with Crippen LogP contribution in [0.5, 0.6) is 5.75 Å². The average molecular weight is 463 g/mol. The van der Waals surface area contributed by atoms with Crippen LogP contribution in [-0.2, 0) is 4.74 Å². The summed E-state index contributed by atoms with van der Waals surface area (Å²) in [5.41, 5.74) is 0.813. The first-order valence-corrected chi connectivity index (χ1v) is 8.52. The summed E-state index contributed by atoms with van der Waals surface area (Å²) in [7, 11) is 3.36. The second-order valence-electron chi connectivity index (χ2n) is 6.04. The van der Waals surface area contributed by atoms with Crippen molar-refractivity contribution in [2.24, 2.45) is 10.9 Å². The Labute approximate surface area is 167 Å². The Kier molecular flexibility index (Phi) is 10.1. The largest absolute Gasteiger partial charge is 0.497 e. The van der Waals surface area contributed by atoms with Crippen molar-refractivity contribution < 1.29 is 14.6 Å². The number of nitrogens with zero attached hydrogens (tertiary/aromatic N) is 2. The van der Waals surface area contributed by atoms with E-state index in [1.54, 1.807) is 14.2 Å². The minimum atomic E-state index is -0.647. The third kappa shape index (κ3) is 6.63. The number of hydrogen-bond donors (Lipinski definition) is 2. The van der Waals surface area contributed by atoms with E-state index < -0.39 is 6.10 Å². The number of halogens is 1. The van der Waals surface area contributed by atoms with E-state index in [4.69, 9.17) is 9.47 Å². The molecule has 1 aliphatic rings. The number of methoxy groups -OCH3 is 2. The lowest BCUT2D eigenvalue weighted by molar-refractivity contribution is 0.157. The maximum atomic E-state index is 10.4. The van der Waals surface area contributed by atoms with E-state index in [1.165, 1.54) is 0 Å². The molecule has 2 atom stereocenters. The van der Waals surface area contributed by atoms with Gasteiger partial charge in [-0.1, -0.05) is 12.1 Å². The third-order valence-electron chi connectivity index (χ3n) is 4.22. The normalized spacial score (nSPS) is 18.6. The van der Waals surface area contributed by atoms with Gasteiger partial charge in [0, 0.05) is 32.7 Å². The first kappa shape index (κ1) is 22.0. The summed E-state index contributed by atoms with van der Waals surface area (Å²) in [5, 5.41) is 13.7. The molecule has 142 valence electrons. The van der Waals surface area contributed by atoms with E-state index in [0.29, 0.717) is 12.5 Å². The zero-order valence-electron chi connectivity index (χ0n) is 15.3. The topological polar surface area (TPSA) is 66.3 Å². The van der Waals surface area contributed by atoms with Crippen LogP contribution in [0.2, 0.25) is 0 Å². The van der Waals surface area contributed by atoms with Gasteiger partial charge in [-0.2, -0.15) is 0 Å². The predicted molar refractivity (Wildman–Crippen MR) is 111 cm³/mol. The average Bonchev–Trinajstić information content (AvgIpc) is 3.07. The van der Waals surface area contributed by atoms with Crippen LogP contribution in [0, 0.1) is 5.92 Å². The van der Waals surface area contributed by atoms with Crippen LogP contribution in [0.25, 0.3) is 0 Å². The van der Waals surface area contributed by atoms with E-state index in [1.807, 2.05) is 24.3 Å². The van der Waals surface area contributed by atoms with Crippen LogP contribution in [0.15, 0.2) is 29.3 Å². The number of rotatable bonds is 7. The van der Waals surface area contributed by atoms with Gasteiger partial charge in [0.2, 0.25) is 0 Å². The number of aliphatic hydroxyl groups is 1. The molecule has 2 unspecified atom stereocenters. The zero-order valence-corrected chi connectivity index (χ0v) is 17.6. The van der Waals surface area contributed by atoms with Gasteiger partial charge in [-0.15, -0.1) is 24.0 Å². The van der Waals surface area contributed by atoms with E-state index in [9.17, 15) is 5.11 Å². The number of hydrogen-bond acceptors (Lipinski definition) is 4. The van der Waals surface area contributed by atoms with Gasteiger partial charge in [-0.05, 0) is 31.0 Å². The van der Waals surface area contributed by atoms with Crippen LogP contribution in [0.3, 0.4) is 0 Å². The molecule has 1 aromatic rings. The smallest absolute Gasteiger partial charge is 0.194 e. The van der Waals surface area contributed by atoms with Crippen molar-refractivity contribution >= 4 is 29.9 Å². The molecule has 1 fully saturated rings. The van der Waals surface area contributed by atoms with Gasteiger partial charge in [0.1, 0.15) is 5.75 Å². The van der Waals surface area contributed by atoms with Gasteiger partial charge < -0.3 is 24.8 Å². The van der Waals surface area contributed by atoms with Gasteiger partial charge in [-0.25, -0.2) is 0 Å². The fourth-order valence-corrected chi connectivity index (χ4v) is 2.95. The number of benzene rings is 1. The van der Waals surface area contributed by atoms with Crippen molar-refractivity contribution in [1.82, 2.24) is 10.2 Å². The Balaban J connectivity index is 0.00000312. The maximum absolute atomic E-state index is 10.4. The standard InChI is InChI=1S/C18H29N3O3.HI/c1-4-19-18(21-9-8-14(12-21)13-23-2)20-11-17(22)15-6-5-7-16(10-15)24-3;/h5-7,10,14,17,22H,4,8-9,11-13H2,1-3H3,(H,19,20);1H. The summed E-state index contributed by atoms with van der Waals surface area (Å²) in [6, 6.07) is 7.48. The Morgan fingerprint density at radius 3 is 2.92 bits per heavy atom. The highest BCUT2D eigenvalue weighted by Crippen LogP contribution is 2.20. The van der Waals surface area contributed by atoms with Crippen molar-refractivity contribution in [3.8, 4) is 5.75 Å². The highest BCUT2D eigenvalue weighted by molar-refractivity contribution is 14.0. The first-order valence-electron chi connectivity index (χ1n) is 8.52. The molecule has 2 rings (SSSR count). The molecule has 0 radical (unpaired) electrons. The lowest BCUT2D eigenvalue weighted by Crippen LogP contribution is -2.40. The van der Waals surface area contributed by atoms with Crippen LogP contribution in [0.1, 0.15) is 25.0 Å². The molecule has 0 amide bonds. The van der Waals surface area contributed by atoms with Gasteiger partial charge >= 0.3 is 0 Å². The van der Waals surface area contributed by atoms with E-state index in [-0.39, 0.29) is 24.0 Å². The second kappa shape index (κ2) is 11.5. The number of nitrogens with one attached hydrogen (secondary N) is 1. The SMILES string of the molecule is CCNC(=NCC(O)c1cccc(OC)c1)N1CCC(COC)C1.I. The summed E-state index contributed by atoms with van der Waals surface area (Å²) in [6.45, 7) is 5.86. The van der Waals surface area contributed by atoms with E-state index >= 15 is 0 Å². The Bertz CT molecular complexity index is 542. The van der Waals surface area contributed by atoms with Crippen molar-refractivity contribution in [1.29, 1.82) is 0 Å². The zero-order chi connectivity index (χ0) is 17.4. The Hall–Kier alpha value is -1.06. The molecule has 1 aromatic carbocycles. The van der Waals surface area contributed by atoms with Crippen molar-refractivity contribution in [2.75, 3.05) is 47.0 Å². The number of likely N-dealkylation sites (tertiary alicyclic amines) is 1.